The van der Waals surface area contributed by atoms with Crippen LogP contribution in [0.15, 0.2) is 18.2 Å². The third-order valence-electron chi connectivity index (χ3n) is 2.24. The summed E-state index contributed by atoms with van der Waals surface area (Å²) in [5, 5.41) is 0. The van der Waals surface area contributed by atoms with E-state index in [9.17, 15) is 0 Å². The van der Waals surface area contributed by atoms with Crippen molar-refractivity contribution in [2.75, 3.05) is 0 Å². The molecule has 0 atom stereocenters. The van der Waals surface area contributed by atoms with Crippen LogP contribution in [0.4, 0.5) is 0 Å². The molecule has 3 heteroatoms. The number of hydrogen-bond acceptors (Lipinski definition) is 2. The Hall–Kier alpha value is -1.35. The molecule has 3 nitrogen and oxygen atoms in total. The fourth-order valence-electron chi connectivity index (χ4n) is 1.49. The van der Waals surface area contributed by atoms with Gasteiger partial charge in [0.1, 0.15) is 12.4 Å². The maximum atomic E-state index is 5.49. The molecule has 80 valence electrons. The summed E-state index contributed by atoms with van der Waals surface area (Å²) in [6.07, 6.45) is 0.236. The summed E-state index contributed by atoms with van der Waals surface area (Å²) in [6, 6.07) is 6.19. The van der Waals surface area contributed by atoms with Gasteiger partial charge in [0.2, 0.25) is 0 Å². The number of aromatic amines is 1. The third kappa shape index (κ3) is 2.36. The number of aromatic nitrogens is 2. The Morgan fingerprint density at radius 3 is 2.93 bits per heavy atom. The molecule has 0 aliphatic rings. The van der Waals surface area contributed by atoms with Crippen molar-refractivity contribution < 1.29 is 4.74 Å². The Morgan fingerprint density at radius 1 is 1.40 bits per heavy atom. The molecule has 0 spiro atoms. The number of H-pyrrole nitrogens is 1. The molecule has 1 N–H and O–H groups in total. The summed E-state index contributed by atoms with van der Waals surface area (Å²) in [5.41, 5.74) is 3.32. The van der Waals surface area contributed by atoms with Gasteiger partial charge < -0.3 is 9.72 Å². The van der Waals surface area contributed by atoms with E-state index in [-0.39, 0.29) is 6.10 Å². The number of nitrogens with one attached hydrogen (secondary N) is 1. The monoisotopic (exact) mass is 204 g/mol. The first-order valence-corrected chi connectivity index (χ1v) is 5.22. The van der Waals surface area contributed by atoms with Crippen LogP contribution in [0, 0.1) is 6.92 Å². The lowest BCUT2D eigenvalue weighted by Gasteiger charge is -2.03. The highest BCUT2D eigenvalue weighted by atomic mass is 16.5. The largest absolute Gasteiger partial charge is 0.371 e. The minimum atomic E-state index is 0.236. The van der Waals surface area contributed by atoms with Crippen molar-refractivity contribution in [2.24, 2.45) is 0 Å². The second kappa shape index (κ2) is 4.03. The summed E-state index contributed by atoms with van der Waals surface area (Å²) >= 11 is 0. The van der Waals surface area contributed by atoms with E-state index in [1.807, 2.05) is 19.9 Å². The standard InChI is InChI=1S/C12H16N2O/c1-8(2)15-7-12-13-10-5-4-9(3)6-11(10)14-12/h4-6,8H,7H2,1-3H3,(H,13,14). The highest BCUT2D eigenvalue weighted by molar-refractivity contribution is 5.75. The number of fused-ring (bicyclic) bond motifs is 1. The number of nitrogens with zero attached hydrogens (tertiary/aromatic N) is 1. The molecule has 15 heavy (non-hydrogen) atoms. The van der Waals surface area contributed by atoms with Gasteiger partial charge in [0.15, 0.2) is 0 Å². The van der Waals surface area contributed by atoms with Crippen LogP contribution in [0.3, 0.4) is 0 Å². The van der Waals surface area contributed by atoms with Crippen LogP contribution in [-0.4, -0.2) is 16.1 Å². The minimum Gasteiger partial charge on any atom is -0.371 e. The molecule has 0 aliphatic heterocycles. The van der Waals surface area contributed by atoms with Gasteiger partial charge in [0.05, 0.1) is 17.1 Å². The van der Waals surface area contributed by atoms with Gasteiger partial charge in [-0.25, -0.2) is 4.98 Å². The number of benzene rings is 1. The lowest BCUT2D eigenvalue weighted by molar-refractivity contribution is 0.0618. The third-order valence-corrected chi connectivity index (χ3v) is 2.24. The van der Waals surface area contributed by atoms with Gasteiger partial charge in [-0.05, 0) is 38.5 Å². The first-order valence-electron chi connectivity index (χ1n) is 5.22. The van der Waals surface area contributed by atoms with Crippen LogP contribution >= 0.6 is 0 Å². The van der Waals surface area contributed by atoms with Gasteiger partial charge in [-0.15, -0.1) is 0 Å². The number of rotatable bonds is 3. The zero-order valence-corrected chi connectivity index (χ0v) is 9.37. The van der Waals surface area contributed by atoms with E-state index in [4.69, 9.17) is 4.74 Å². The minimum absolute atomic E-state index is 0.236. The molecule has 0 unspecified atom stereocenters. The van der Waals surface area contributed by atoms with E-state index >= 15 is 0 Å². The van der Waals surface area contributed by atoms with Gasteiger partial charge in [-0.1, -0.05) is 6.07 Å². The summed E-state index contributed by atoms with van der Waals surface area (Å²) in [5.74, 6) is 0.893. The highest BCUT2D eigenvalue weighted by Gasteiger charge is 2.03. The molecule has 1 aromatic carbocycles. The zero-order valence-electron chi connectivity index (χ0n) is 9.37. The summed E-state index contributed by atoms with van der Waals surface area (Å²) < 4.78 is 5.49. The van der Waals surface area contributed by atoms with E-state index < -0.39 is 0 Å². The Morgan fingerprint density at radius 2 is 2.20 bits per heavy atom. The Labute approximate surface area is 89.5 Å². The van der Waals surface area contributed by atoms with Crippen LogP contribution < -0.4 is 0 Å². The molecule has 2 aromatic rings. The smallest absolute Gasteiger partial charge is 0.133 e. The zero-order chi connectivity index (χ0) is 10.8. The van der Waals surface area contributed by atoms with Crippen LogP contribution in [0.2, 0.25) is 0 Å². The molecule has 1 aromatic heterocycles. The maximum Gasteiger partial charge on any atom is 0.133 e. The predicted molar refractivity (Wildman–Crippen MR) is 60.8 cm³/mol. The maximum absolute atomic E-state index is 5.49. The first kappa shape index (κ1) is 10.2. The van der Waals surface area contributed by atoms with Crippen molar-refractivity contribution in [3.05, 3.63) is 29.6 Å². The van der Waals surface area contributed by atoms with Crippen molar-refractivity contribution in [2.45, 2.75) is 33.5 Å². The molecule has 0 fully saturated rings. The summed E-state index contributed by atoms with van der Waals surface area (Å²) in [6.45, 7) is 6.66. The molecule has 0 bridgehead atoms. The Bertz CT molecular complexity index is 460. The fraction of sp³-hybridized carbons (Fsp3) is 0.417. The molecular formula is C12H16N2O. The van der Waals surface area contributed by atoms with Gasteiger partial charge in [0, 0.05) is 0 Å². The molecular weight excluding hydrogens is 188 g/mol. The number of imidazole rings is 1. The van der Waals surface area contributed by atoms with Gasteiger partial charge in [-0.2, -0.15) is 0 Å². The number of ether oxygens (including phenoxy) is 1. The molecule has 0 saturated heterocycles. The van der Waals surface area contributed by atoms with E-state index in [1.54, 1.807) is 0 Å². The van der Waals surface area contributed by atoms with Crippen LogP contribution in [0.25, 0.3) is 11.0 Å². The van der Waals surface area contributed by atoms with Crippen LogP contribution in [0.1, 0.15) is 25.2 Å². The Kier molecular flexibility index (Phi) is 2.73. The number of aryl methyl sites for hydroxylation is 1. The molecule has 1 heterocycles. The van der Waals surface area contributed by atoms with Crippen molar-refractivity contribution in [3.63, 3.8) is 0 Å². The lowest BCUT2D eigenvalue weighted by atomic mass is 10.2. The second-order valence-electron chi connectivity index (χ2n) is 4.06. The lowest BCUT2D eigenvalue weighted by Crippen LogP contribution is -2.03. The van der Waals surface area contributed by atoms with Crippen molar-refractivity contribution >= 4 is 11.0 Å². The quantitative estimate of drug-likeness (QED) is 0.834. The highest BCUT2D eigenvalue weighted by Crippen LogP contribution is 2.13. The van der Waals surface area contributed by atoms with Gasteiger partial charge >= 0.3 is 0 Å². The summed E-state index contributed by atoms with van der Waals surface area (Å²) in [4.78, 5) is 7.70. The van der Waals surface area contributed by atoms with Crippen molar-refractivity contribution in [1.29, 1.82) is 0 Å². The normalized spacial score (nSPS) is 11.5. The molecule has 0 aliphatic carbocycles. The predicted octanol–water partition coefficient (Wildman–Crippen LogP) is 2.80. The van der Waals surface area contributed by atoms with E-state index in [0.29, 0.717) is 6.61 Å². The molecule has 0 saturated carbocycles. The Balaban J connectivity index is 2.23. The van der Waals surface area contributed by atoms with Crippen LogP contribution in [-0.2, 0) is 11.3 Å². The average molecular weight is 204 g/mol. The second-order valence-corrected chi connectivity index (χ2v) is 4.06. The van der Waals surface area contributed by atoms with Gasteiger partial charge in [0.25, 0.3) is 0 Å². The van der Waals surface area contributed by atoms with Crippen molar-refractivity contribution in [1.82, 2.24) is 9.97 Å². The fourth-order valence-corrected chi connectivity index (χ4v) is 1.49. The molecule has 2 rings (SSSR count). The number of hydrogen-bond donors (Lipinski definition) is 1. The molecule has 0 radical (unpaired) electrons. The topological polar surface area (TPSA) is 37.9 Å². The average Bonchev–Trinajstić information content (AvgIpc) is 2.56. The van der Waals surface area contributed by atoms with E-state index in [0.717, 1.165) is 16.9 Å². The molecule has 0 amide bonds. The summed E-state index contributed by atoms with van der Waals surface area (Å²) in [7, 11) is 0. The van der Waals surface area contributed by atoms with E-state index in [2.05, 4.69) is 29.0 Å². The first-order chi connectivity index (χ1) is 7.15. The van der Waals surface area contributed by atoms with Crippen LogP contribution in [0.5, 0.6) is 0 Å². The van der Waals surface area contributed by atoms with Gasteiger partial charge in [-0.3, -0.25) is 0 Å². The van der Waals surface area contributed by atoms with E-state index in [1.165, 1.54) is 5.56 Å². The van der Waals surface area contributed by atoms with Crippen molar-refractivity contribution in [3.8, 4) is 0 Å². The SMILES string of the molecule is Cc1ccc2nc(COC(C)C)[nH]c2c1.